The maximum atomic E-state index is 5.40. The average Bonchev–Trinajstić information content (AvgIpc) is 2.08. The molecule has 0 amide bonds. The Morgan fingerprint density at radius 1 is 1.38 bits per heavy atom. The minimum absolute atomic E-state index is 0.453. The monoisotopic (exact) mass is 180 g/mol. The highest BCUT2D eigenvalue weighted by Gasteiger charge is 1.95. The maximum absolute atomic E-state index is 5.40. The summed E-state index contributed by atoms with van der Waals surface area (Å²) >= 11 is 0. The Hall–Kier alpha value is -1.32. The minimum Gasteiger partial charge on any atom is -0.382 e. The van der Waals surface area contributed by atoms with Crippen molar-refractivity contribution in [1.82, 2.24) is 10.2 Å². The van der Waals surface area contributed by atoms with Crippen LogP contribution in [0.25, 0.3) is 0 Å². The van der Waals surface area contributed by atoms with Gasteiger partial charge in [-0.3, -0.25) is 0 Å². The Kier molecular flexibility index (Phi) is 3.49. The van der Waals surface area contributed by atoms with Crippen LogP contribution in [0.15, 0.2) is 12.1 Å². The summed E-state index contributed by atoms with van der Waals surface area (Å²) < 4.78 is 0. The Balaban J connectivity index is 2.33. The number of anilines is 2. The fourth-order valence-corrected chi connectivity index (χ4v) is 0.926. The lowest BCUT2D eigenvalue weighted by Crippen LogP contribution is -2.07. The number of nitrogens with two attached hydrogens (primary N) is 1. The number of nitrogens with zero attached hydrogens (tertiary/aromatic N) is 2. The van der Waals surface area contributed by atoms with Crippen LogP contribution >= 0.6 is 0 Å². The molecule has 0 radical (unpaired) electrons. The first-order valence-electron chi connectivity index (χ1n) is 4.51. The van der Waals surface area contributed by atoms with Crippen LogP contribution in [0.5, 0.6) is 0 Å². The minimum atomic E-state index is 0.453. The van der Waals surface area contributed by atoms with Crippen LogP contribution in [0.2, 0.25) is 0 Å². The lowest BCUT2D eigenvalue weighted by atomic mass is 10.1. The molecule has 3 N–H and O–H groups in total. The van der Waals surface area contributed by atoms with Crippen LogP contribution in [-0.4, -0.2) is 16.7 Å². The normalized spacial score (nSPS) is 10.4. The topological polar surface area (TPSA) is 63.8 Å². The van der Waals surface area contributed by atoms with Crippen molar-refractivity contribution in [2.75, 3.05) is 17.6 Å². The van der Waals surface area contributed by atoms with Gasteiger partial charge in [-0.25, -0.2) is 0 Å². The number of nitrogen functional groups attached to an aromatic ring is 1. The molecule has 0 saturated carbocycles. The van der Waals surface area contributed by atoms with Gasteiger partial charge >= 0.3 is 0 Å². The summed E-state index contributed by atoms with van der Waals surface area (Å²) in [6, 6.07) is 3.58. The van der Waals surface area contributed by atoms with Gasteiger partial charge in [0.25, 0.3) is 0 Å². The van der Waals surface area contributed by atoms with E-state index >= 15 is 0 Å². The fraction of sp³-hybridized carbons (Fsp3) is 0.556. The van der Waals surface area contributed by atoms with E-state index in [-0.39, 0.29) is 0 Å². The van der Waals surface area contributed by atoms with E-state index in [0.717, 1.165) is 18.8 Å². The standard InChI is InChI=1S/C9H16N4/c1-7(2)5-6-11-9-4-3-8(10)12-13-9/h3-4,7H,5-6H2,1-2H3,(H2,10,12)(H,11,13). The highest BCUT2D eigenvalue weighted by molar-refractivity contribution is 5.38. The van der Waals surface area contributed by atoms with Gasteiger partial charge in [0.05, 0.1) is 0 Å². The van der Waals surface area contributed by atoms with Crippen LogP contribution in [-0.2, 0) is 0 Å². The van der Waals surface area contributed by atoms with Gasteiger partial charge < -0.3 is 11.1 Å². The van der Waals surface area contributed by atoms with Crippen LogP contribution < -0.4 is 11.1 Å². The van der Waals surface area contributed by atoms with E-state index in [2.05, 4.69) is 29.4 Å². The molecule has 0 aliphatic heterocycles. The molecule has 0 atom stereocenters. The number of aromatic nitrogens is 2. The second-order valence-electron chi connectivity index (χ2n) is 3.45. The molecule has 72 valence electrons. The van der Waals surface area contributed by atoms with Crippen LogP contribution in [0.3, 0.4) is 0 Å². The molecule has 1 heterocycles. The van der Waals surface area contributed by atoms with Crippen molar-refractivity contribution in [3.8, 4) is 0 Å². The largest absolute Gasteiger partial charge is 0.382 e. The molecule has 1 rings (SSSR count). The number of hydrogen-bond donors (Lipinski definition) is 2. The van der Waals surface area contributed by atoms with Crippen LogP contribution in [0, 0.1) is 5.92 Å². The number of hydrogen-bond acceptors (Lipinski definition) is 4. The molecule has 0 aliphatic carbocycles. The summed E-state index contributed by atoms with van der Waals surface area (Å²) in [5.74, 6) is 1.94. The lowest BCUT2D eigenvalue weighted by Gasteiger charge is -2.06. The molecule has 0 saturated heterocycles. The Morgan fingerprint density at radius 2 is 2.15 bits per heavy atom. The summed E-state index contributed by atoms with van der Waals surface area (Å²) in [6.07, 6.45) is 1.13. The molecule has 4 nitrogen and oxygen atoms in total. The number of nitrogens with one attached hydrogen (secondary N) is 1. The zero-order chi connectivity index (χ0) is 9.68. The molecular weight excluding hydrogens is 164 g/mol. The van der Waals surface area contributed by atoms with Crippen molar-refractivity contribution in [2.24, 2.45) is 5.92 Å². The average molecular weight is 180 g/mol. The first kappa shape index (κ1) is 9.77. The van der Waals surface area contributed by atoms with Crippen molar-refractivity contribution in [1.29, 1.82) is 0 Å². The van der Waals surface area contributed by atoms with E-state index in [4.69, 9.17) is 5.73 Å². The highest BCUT2D eigenvalue weighted by atomic mass is 15.2. The molecule has 0 aliphatic rings. The number of rotatable bonds is 4. The van der Waals surface area contributed by atoms with Crippen LogP contribution in [0.4, 0.5) is 11.6 Å². The van der Waals surface area contributed by atoms with Crippen molar-refractivity contribution < 1.29 is 0 Å². The van der Waals surface area contributed by atoms with E-state index in [9.17, 15) is 0 Å². The van der Waals surface area contributed by atoms with Crippen LogP contribution in [0.1, 0.15) is 20.3 Å². The summed E-state index contributed by atoms with van der Waals surface area (Å²) in [5, 5.41) is 10.8. The smallest absolute Gasteiger partial charge is 0.148 e. The van der Waals surface area contributed by atoms with Gasteiger partial charge in [-0.15, -0.1) is 10.2 Å². The Morgan fingerprint density at radius 3 is 2.69 bits per heavy atom. The SMILES string of the molecule is CC(C)CCNc1ccc(N)nn1. The summed E-state index contributed by atoms with van der Waals surface area (Å²) in [6.45, 7) is 5.31. The zero-order valence-corrected chi connectivity index (χ0v) is 8.12. The third kappa shape index (κ3) is 3.73. The lowest BCUT2D eigenvalue weighted by molar-refractivity contribution is 0.606. The Labute approximate surface area is 78.6 Å². The summed E-state index contributed by atoms with van der Waals surface area (Å²) in [4.78, 5) is 0. The van der Waals surface area contributed by atoms with E-state index in [1.54, 1.807) is 6.07 Å². The van der Waals surface area contributed by atoms with Crippen molar-refractivity contribution in [3.05, 3.63) is 12.1 Å². The van der Waals surface area contributed by atoms with Gasteiger partial charge in [-0.05, 0) is 24.5 Å². The second-order valence-corrected chi connectivity index (χ2v) is 3.45. The molecule has 0 unspecified atom stereocenters. The second kappa shape index (κ2) is 4.64. The molecule has 0 fully saturated rings. The third-order valence-corrected chi connectivity index (χ3v) is 1.71. The first-order valence-corrected chi connectivity index (χ1v) is 4.51. The predicted octanol–water partition coefficient (Wildman–Crippen LogP) is 1.52. The maximum Gasteiger partial charge on any atom is 0.148 e. The first-order chi connectivity index (χ1) is 6.18. The van der Waals surface area contributed by atoms with E-state index in [0.29, 0.717) is 11.7 Å². The van der Waals surface area contributed by atoms with Crippen molar-refractivity contribution in [2.45, 2.75) is 20.3 Å². The molecule has 0 bridgehead atoms. The van der Waals surface area contributed by atoms with Gasteiger partial charge in [0, 0.05) is 6.54 Å². The summed E-state index contributed by atoms with van der Waals surface area (Å²) in [5.41, 5.74) is 5.40. The molecule has 4 heteroatoms. The molecule has 1 aromatic rings. The predicted molar refractivity (Wildman–Crippen MR) is 54.4 cm³/mol. The molecule has 1 aromatic heterocycles. The quantitative estimate of drug-likeness (QED) is 0.737. The van der Waals surface area contributed by atoms with Gasteiger partial charge in [0.15, 0.2) is 0 Å². The fourth-order valence-electron chi connectivity index (χ4n) is 0.926. The zero-order valence-electron chi connectivity index (χ0n) is 8.12. The summed E-state index contributed by atoms with van der Waals surface area (Å²) in [7, 11) is 0. The molecule has 13 heavy (non-hydrogen) atoms. The van der Waals surface area contributed by atoms with Gasteiger partial charge in [0.2, 0.25) is 0 Å². The molecular formula is C9H16N4. The Bertz CT molecular complexity index is 242. The molecule has 0 aromatic carbocycles. The third-order valence-electron chi connectivity index (χ3n) is 1.71. The van der Waals surface area contributed by atoms with E-state index < -0.39 is 0 Å². The van der Waals surface area contributed by atoms with E-state index in [1.807, 2.05) is 6.07 Å². The van der Waals surface area contributed by atoms with Crippen molar-refractivity contribution >= 4 is 11.6 Å². The van der Waals surface area contributed by atoms with Gasteiger partial charge in [0.1, 0.15) is 11.6 Å². The van der Waals surface area contributed by atoms with Crippen molar-refractivity contribution in [3.63, 3.8) is 0 Å². The van der Waals surface area contributed by atoms with E-state index in [1.165, 1.54) is 0 Å². The van der Waals surface area contributed by atoms with Gasteiger partial charge in [-0.1, -0.05) is 13.8 Å². The highest BCUT2D eigenvalue weighted by Crippen LogP contribution is 2.04. The molecule has 0 spiro atoms. The van der Waals surface area contributed by atoms with Gasteiger partial charge in [-0.2, -0.15) is 0 Å².